The van der Waals surface area contributed by atoms with Crippen LogP contribution in [-0.2, 0) is 4.79 Å². The van der Waals surface area contributed by atoms with Crippen LogP contribution in [0, 0.1) is 0 Å². The van der Waals surface area contributed by atoms with Crippen LogP contribution >= 0.6 is 0 Å². The van der Waals surface area contributed by atoms with Gasteiger partial charge in [0.15, 0.2) is 0 Å². The lowest BCUT2D eigenvalue weighted by Gasteiger charge is -2.06. The molecule has 1 aromatic carbocycles. The van der Waals surface area contributed by atoms with E-state index in [1.807, 2.05) is 0 Å². The maximum absolute atomic E-state index is 11.0. The van der Waals surface area contributed by atoms with E-state index in [0.717, 1.165) is 0 Å². The number of aromatic amines is 1. The van der Waals surface area contributed by atoms with Crippen molar-refractivity contribution in [3.63, 3.8) is 0 Å². The van der Waals surface area contributed by atoms with E-state index in [4.69, 9.17) is 4.42 Å². The molecule has 88 valence electrons. The van der Waals surface area contributed by atoms with Crippen LogP contribution in [0.5, 0.6) is 5.88 Å². The quantitative estimate of drug-likeness (QED) is 0.729. The minimum absolute atomic E-state index is 0.000602. The molecule has 0 unspecified atom stereocenters. The second kappa shape index (κ2) is 4.17. The summed E-state index contributed by atoms with van der Waals surface area (Å²) in [5.41, 5.74) is 0.886. The second-order valence-corrected chi connectivity index (χ2v) is 3.42. The second-order valence-electron chi connectivity index (χ2n) is 3.42. The third-order valence-electron chi connectivity index (χ3n) is 2.11. The summed E-state index contributed by atoms with van der Waals surface area (Å²) in [6, 6.07) is 6.68. The van der Waals surface area contributed by atoms with Gasteiger partial charge in [0, 0.05) is 12.5 Å². The van der Waals surface area contributed by atoms with Crippen LogP contribution in [0.15, 0.2) is 33.5 Å². The first kappa shape index (κ1) is 11.0. The Morgan fingerprint density at radius 2 is 2.12 bits per heavy atom. The van der Waals surface area contributed by atoms with Crippen molar-refractivity contribution in [3.8, 4) is 17.2 Å². The zero-order valence-electron chi connectivity index (χ0n) is 8.98. The molecule has 0 bridgehead atoms. The number of carbonyl (C=O) groups excluding carboxylic acids is 1. The molecule has 0 atom stereocenters. The van der Waals surface area contributed by atoms with Crippen LogP contribution in [0.1, 0.15) is 6.92 Å². The van der Waals surface area contributed by atoms with E-state index in [2.05, 4.69) is 10.3 Å². The van der Waals surface area contributed by atoms with Gasteiger partial charge in [-0.15, -0.1) is 0 Å². The zero-order valence-corrected chi connectivity index (χ0v) is 8.98. The molecule has 0 aliphatic rings. The molecule has 0 radical (unpaired) electrons. The summed E-state index contributed by atoms with van der Waals surface area (Å²) in [4.78, 5) is 24.1. The van der Waals surface area contributed by atoms with Crippen molar-refractivity contribution in [2.24, 2.45) is 0 Å². The van der Waals surface area contributed by atoms with Crippen LogP contribution in [0.4, 0.5) is 5.69 Å². The molecular formula is C11H10N2O4. The third kappa shape index (κ3) is 2.20. The fourth-order valence-corrected chi connectivity index (χ4v) is 1.48. The summed E-state index contributed by atoms with van der Waals surface area (Å²) >= 11 is 0. The highest BCUT2D eigenvalue weighted by molar-refractivity contribution is 5.93. The van der Waals surface area contributed by atoms with Crippen molar-refractivity contribution >= 4 is 11.6 Å². The number of amides is 1. The van der Waals surface area contributed by atoms with E-state index in [1.165, 1.54) is 6.92 Å². The van der Waals surface area contributed by atoms with Gasteiger partial charge >= 0.3 is 5.76 Å². The number of hydrogen-bond acceptors (Lipinski definition) is 4. The molecule has 0 spiro atoms. The lowest BCUT2D eigenvalue weighted by molar-refractivity contribution is -0.114. The van der Waals surface area contributed by atoms with Crippen molar-refractivity contribution in [1.82, 2.24) is 4.98 Å². The third-order valence-corrected chi connectivity index (χ3v) is 2.11. The highest BCUT2D eigenvalue weighted by Crippen LogP contribution is 2.32. The maximum atomic E-state index is 11.0. The molecule has 0 saturated carbocycles. The molecule has 0 fully saturated rings. The SMILES string of the molecule is CC(=O)Nc1ccccc1-c1oc(=O)[nH]c1O. The Labute approximate surface area is 95.9 Å². The summed E-state index contributed by atoms with van der Waals surface area (Å²) in [5, 5.41) is 12.1. The van der Waals surface area contributed by atoms with Crippen LogP contribution < -0.4 is 11.1 Å². The van der Waals surface area contributed by atoms with Crippen molar-refractivity contribution < 1.29 is 14.3 Å². The first-order chi connectivity index (χ1) is 8.08. The number of rotatable bonds is 2. The molecule has 2 aromatic rings. The average molecular weight is 234 g/mol. The molecule has 1 heterocycles. The number of oxazole rings is 1. The molecule has 17 heavy (non-hydrogen) atoms. The molecular weight excluding hydrogens is 224 g/mol. The van der Waals surface area contributed by atoms with E-state index < -0.39 is 5.76 Å². The van der Waals surface area contributed by atoms with Gasteiger partial charge in [0.25, 0.3) is 0 Å². The van der Waals surface area contributed by atoms with Gasteiger partial charge in [0.2, 0.25) is 17.5 Å². The molecule has 6 heteroatoms. The minimum atomic E-state index is -0.755. The van der Waals surface area contributed by atoms with Crippen molar-refractivity contribution in [2.45, 2.75) is 6.92 Å². The molecule has 2 rings (SSSR count). The topological polar surface area (TPSA) is 95.3 Å². The number of aromatic hydroxyl groups is 1. The Kier molecular flexibility index (Phi) is 2.70. The Morgan fingerprint density at radius 1 is 1.41 bits per heavy atom. The summed E-state index contributed by atoms with van der Waals surface area (Å²) in [6.45, 7) is 1.37. The summed E-state index contributed by atoms with van der Waals surface area (Å²) in [6.07, 6.45) is 0. The van der Waals surface area contributed by atoms with Crippen LogP contribution in [-0.4, -0.2) is 16.0 Å². The Morgan fingerprint density at radius 3 is 2.71 bits per heavy atom. The predicted octanol–water partition coefficient (Wildman–Crippen LogP) is 1.30. The standard InChI is InChI=1S/C11H10N2O4/c1-6(14)12-8-5-3-2-4-7(8)9-10(15)13-11(16)17-9/h2-5,15H,1H3,(H,12,14)(H,13,16). The Hall–Kier alpha value is -2.50. The molecule has 0 aliphatic carbocycles. The largest absolute Gasteiger partial charge is 0.492 e. The van der Waals surface area contributed by atoms with Crippen molar-refractivity contribution in [1.29, 1.82) is 0 Å². The maximum Gasteiger partial charge on any atom is 0.419 e. The molecule has 6 nitrogen and oxygen atoms in total. The van der Waals surface area contributed by atoms with Gasteiger partial charge in [-0.1, -0.05) is 12.1 Å². The van der Waals surface area contributed by atoms with Gasteiger partial charge in [-0.25, -0.2) is 4.79 Å². The number of carbonyl (C=O) groups is 1. The molecule has 1 aromatic heterocycles. The zero-order chi connectivity index (χ0) is 12.4. The van der Waals surface area contributed by atoms with Crippen molar-refractivity contribution in [3.05, 3.63) is 34.8 Å². The first-order valence-corrected chi connectivity index (χ1v) is 4.87. The highest BCUT2D eigenvalue weighted by atomic mass is 16.4. The van der Waals surface area contributed by atoms with Gasteiger partial charge < -0.3 is 14.8 Å². The van der Waals surface area contributed by atoms with Crippen LogP contribution in [0.2, 0.25) is 0 Å². The predicted molar refractivity (Wildman–Crippen MR) is 60.7 cm³/mol. The van der Waals surface area contributed by atoms with Gasteiger partial charge in [-0.05, 0) is 12.1 Å². The normalized spacial score (nSPS) is 10.2. The number of H-pyrrole nitrogens is 1. The molecule has 1 amide bonds. The summed E-state index contributed by atoms with van der Waals surface area (Å²) in [5.74, 6) is -1.38. The van der Waals surface area contributed by atoms with Crippen molar-refractivity contribution in [2.75, 3.05) is 5.32 Å². The number of nitrogens with one attached hydrogen (secondary N) is 2. The lowest BCUT2D eigenvalue weighted by atomic mass is 10.1. The summed E-state index contributed by atoms with van der Waals surface area (Å²) in [7, 11) is 0. The number of aromatic nitrogens is 1. The van der Waals surface area contributed by atoms with Gasteiger partial charge in [-0.2, -0.15) is 0 Å². The summed E-state index contributed by atoms with van der Waals surface area (Å²) < 4.78 is 4.81. The van der Waals surface area contributed by atoms with Gasteiger partial charge in [0.05, 0.1) is 5.69 Å². The number of hydrogen-bond donors (Lipinski definition) is 3. The highest BCUT2D eigenvalue weighted by Gasteiger charge is 2.15. The van der Waals surface area contributed by atoms with Gasteiger partial charge in [-0.3, -0.25) is 9.78 Å². The Balaban J connectivity index is 2.55. The monoisotopic (exact) mass is 234 g/mol. The van der Waals surface area contributed by atoms with Gasteiger partial charge in [0.1, 0.15) is 0 Å². The Bertz CT molecular complexity index is 612. The minimum Gasteiger partial charge on any atom is -0.492 e. The first-order valence-electron chi connectivity index (χ1n) is 4.87. The average Bonchev–Trinajstić information content (AvgIpc) is 2.58. The lowest BCUT2D eigenvalue weighted by Crippen LogP contribution is -2.06. The van der Waals surface area contributed by atoms with E-state index in [-0.39, 0.29) is 17.5 Å². The van der Waals surface area contributed by atoms with E-state index in [1.54, 1.807) is 24.3 Å². The fourth-order valence-electron chi connectivity index (χ4n) is 1.48. The molecule has 3 N–H and O–H groups in total. The molecule has 0 saturated heterocycles. The number of benzene rings is 1. The number of para-hydroxylation sites is 1. The number of anilines is 1. The van der Waals surface area contributed by atoms with E-state index in [0.29, 0.717) is 11.3 Å². The smallest absolute Gasteiger partial charge is 0.419 e. The van der Waals surface area contributed by atoms with Crippen LogP contribution in [0.25, 0.3) is 11.3 Å². The molecule has 0 aliphatic heterocycles. The van der Waals surface area contributed by atoms with E-state index in [9.17, 15) is 14.7 Å². The fraction of sp³-hybridized carbons (Fsp3) is 0.0909. The van der Waals surface area contributed by atoms with Crippen LogP contribution in [0.3, 0.4) is 0 Å². The van der Waals surface area contributed by atoms with E-state index >= 15 is 0 Å².